The Bertz CT molecular complexity index is 1160. The predicted molar refractivity (Wildman–Crippen MR) is 126 cm³/mol. The highest BCUT2D eigenvalue weighted by atomic mass is 35.5. The molecule has 0 spiro atoms. The lowest BCUT2D eigenvalue weighted by Gasteiger charge is -2.30. The maximum absolute atomic E-state index is 13.2. The van der Waals surface area contributed by atoms with E-state index in [2.05, 4.69) is 15.5 Å². The van der Waals surface area contributed by atoms with Gasteiger partial charge in [-0.25, -0.2) is 4.39 Å². The molecular formula is C23H21ClFN3O3S. The molecule has 0 saturated carbocycles. The normalized spacial score (nSPS) is 13.7. The van der Waals surface area contributed by atoms with Crippen molar-refractivity contribution in [3.05, 3.63) is 75.4 Å². The fraction of sp³-hybridized carbons (Fsp3) is 0.217. The summed E-state index contributed by atoms with van der Waals surface area (Å²) in [6.45, 7) is 4.61. The van der Waals surface area contributed by atoms with Crippen molar-refractivity contribution in [3.8, 4) is 0 Å². The maximum atomic E-state index is 13.2. The first-order chi connectivity index (χ1) is 15.4. The largest absolute Gasteiger partial charge is 0.378 e. The number of carbonyl (C=O) groups is 2. The minimum Gasteiger partial charge on any atom is -0.378 e. The Kier molecular flexibility index (Phi) is 6.74. The van der Waals surface area contributed by atoms with Crippen molar-refractivity contribution in [2.75, 3.05) is 41.8 Å². The fourth-order valence-corrected chi connectivity index (χ4v) is 4.68. The van der Waals surface area contributed by atoms with Crippen LogP contribution >= 0.6 is 22.9 Å². The van der Waals surface area contributed by atoms with Crippen molar-refractivity contribution in [2.24, 2.45) is 0 Å². The minimum absolute atomic E-state index is 0.0217. The summed E-state index contributed by atoms with van der Waals surface area (Å²) in [7, 11) is 0. The van der Waals surface area contributed by atoms with E-state index in [1.54, 1.807) is 13.0 Å². The van der Waals surface area contributed by atoms with E-state index in [1.165, 1.54) is 23.5 Å². The summed E-state index contributed by atoms with van der Waals surface area (Å²) >= 11 is 7.14. The van der Waals surface area contributed by atoms with Gasteiger partial charge in [-0.3, -0.25) is 9.59 Å². The second kappa shape index (κ2) is 9.68. The first-order valence-corrected chi connectivity index (χ1v) is 11.2. The summed E-state index contributed by atoms with van der Waals surface area (Å²) in [5, 5.41) is 6.25. The number of benzene rings is 2. The zero-order chi connectivity index (χ0) is 22.7. The van der Waals surface area contributed by atoms with Gasteiger partial charge in [-0.1, -0.05) is 23.7 Å². The van der Waals surface area contributed by atoms with Crippen LogP contribution in [0.5, 0.6) is 0 Å². The van der Waals surface area contributed by atoms with E-state index in [0.29, 0.717) is 23.1 Å². The smallest absolute Gasteiger partial charge is 0.266 e. The van der Waals surface area contributed by atoms with E-state index in [1.807, 2.05) is 24.3 Å². The zero-order valence-corrected chi connectivity index (χ0v) is 18.9. The predicted octanol–water partition coefficient (Wildman–Crippen LogP) is 5.19. The summed E-state index contributed by atoms with van der Waals surface area (Å²) in [6.07, 6.45) is 0. The molecule has 1 fully saturated rings. The molecule has 1 saturated heterocycles. The standard InChI is InChI=1S/C23H21ClFN3O3S/c1-14-12-20(27-22(29)16-7-6-15(25)13-17(16)24)32-21(14)23(30)26-18-4-2-3-5-19(18)28-8-10-31-11-9-28/h2-7,12-13H,8-11H2,1H3,(H,26,30)(H,27,29). The maximum Gasteiger partial charge on any atom is 0.266 e. The number of morpholine rings is 1. The van der Waals surface area contributed by atoms with Gasteiger partial charge >= 0.3 is 0 Å². The molecule has 0 atom stereocenters. The third-order valence-corrected chi connectivity index (χ3v) is 6.50. The lowest BCUT2D eigenvalue weighted by Crippen LogP contribution is -2.36. The van der Waals surface area contributed by atoms with Gasteiger partial charge in [0, 0.05) is 13.1 Å². The summed E-state index contributed by atoms with van der Waals surface area (Å²) in [5.74, 6) is -1.25. The average Bonchev–Trinajstić information content (AvgIpc) is 3.14. The van der Waals surface area contributed by atoms with E-state index < -0.39 is 11.7 Å². The summed E-state index contributed by atoms with van der Waals surface area (Å²) in [5.41, 5.74) is 2.55. The summed E-state index contributed by atoms with van der Waals surface area (Å²) < 4.78 is 18.7. The molecule has 32 heavy (non-hydrogen) atoms. The van der Waals surface area contributed by atoms with Crippen molar-refractivity contribution < 1.29 is 18.7 Å². The number of carbonyl (C=O) groups excluding carboxylic acids is 2. The monoisotopic (exact) mass is 473 g/mol. The Morgan fingerprint density at radius 2 is 1.81 bits per heavy atom. The van der Waals surface area contributed by atoms with Gasteiger partial charge in [-0.15, -0.1) is 11.3 Å². The number of ether oxygens (including phenoxy) is 1. The molecule has 0 aliphatic carbocycles. The topological polar surface area (TPSA) is 70.7 Å². The molecule has 0 bridgehead atoms. The second-order valence-electron chi connectivity index (χ2n) is 7.27. The van der Waals surface area contributed by atoms with E-state index in [9.17, 15) is 14.0 Å². The summed E-state index contributed by atoms with van der Waals surface area (Å²) in [6, 6.07) is 13.0. The van der Waals surface area contributed by atoms with Gasteiger partial charge in [0.25, 0.3) is 11.8 Å². The molecule has 1 aliphatic heterocycles. The van der Waals surface area contributed by atoms with Crippen molar-refractivity contribution in [1.82, 2.24) is 0 Å². The molecule has 4 rings (SSSR count). The quantitative estimate of drug-likeness (QED) is 0.535. The number of hydrogen-bond donors (Lipinski definition) is 2. The zero-order valence-electron chi connectivity index (χ0n) is 17.3. The van der Waals surface area contributed by atoms with E-state index in [4.69, 9.17) is 16.3 Å². The molecule has 1 aromatic heterocycles. The molecule has 2 heterocycles. The van der Waals surface area contributed by atoms with Crippen molar-refractivity contribution in [2.45, 2.75) is 6.92 Å². The van der Waals surface area contributed by atoms with Gasteiger partial charge in [-0.2, -0.15) is 0 Å². The Morgan fingerprint density at radius 1 is 1.06 bits per heavy atom. The average molecular weight is 474 g/mol. The van der Waals surface area contributed by atoms with Crippen LogP contribution in [-0.2, 0) is 4.74 Å². The van der Waals surface area contributed by atoms with Gasteiger partial charge in [0.15, 0.2) is 0 Å². The van der Waals surface area contributed by atoms with Crippen LogP contribution in [-0.4, -0.2) is 38.1 Å². The van der Waals surface area contributed by atoms with Gasteiger partial charge in [0.1, 0.15) is 5.82 Å². The number of amides is 2. The molecule has 2 aromatic carbocycles. The van der Waals surface area contributed by atoms with Crippen molar-refractivity contribution >= 4 is 51.1 Å². The van der Waals surface area contributed by atoms with Gasteiger partial charge in [0.2, 0.25) is 0 Å². The molecule has 0 unspecified atom stereocenters. The number of nitrogens with one attached hydrogen (secondary N) is 2. The van der Waals surface area contributed by atoms with E-state index in [0.717, 1.165) is 36.1 Å². The molecule has 3 aromatic rings. The number of hydrogen-bond acceptors (Lipinski definition) is 5. The number of nitrogens with zero attached hydrogens (tertiary/aromatic N) is 1. The third kappa shape index (κ3) is 4.93. The van der Waals surface area contributed by atoms with E-state index in [-0.39, 0.29) is 16.5 Å². The van der Waals surface area contributed by atoms with Crippen molar-refractivity contribution in [1.29, 1.82) is 0 Å². The second-order valence-corrected chi connectivity index (χ2v) is 8.73. The highest BCUT2D eigenvalue weighted by Crippen LogP contribution is 2.31. The molecule has 2 N–H and O–H groups in total. The van der Waals surface area contributed by atoms with Gasteiger partial charge in [0.05, 0.1) is 45.1 Å². The Hall–Kier alpha value is -2.94. The number of rotatable bonds is 5. The van der Waals surface area contributed by atoms with Crippen molar-refractivity contribution in [3.63, 3.8) is 0 Å². The number of thiophene rings is 1. The van der Waals surface area contributed by atoms with Crippen LogP contribution in [0.25, 0.3) is 0 Å². The van der Waals surface area contributed by atoms with Crippen LogP contribution in [0, 0.1) is 12.7 Å². The third-order valence-electron chi connectivity index (χ3n) is 5.04. The number of anilines is 3. The van der Waals surface area contributed by atoms with Gasteiger partial charge < -0.3 is 20.3 Å². The molecule has 2 amide bonds. The Balaban J connectivity index is 1.50. The van der Waals surface area contributed by atoms with Crippen LogP contribution in [0.1, 0.15) is 25.6 Å². The SMILES string of the molecule is Cc1cc(NC(=O)c2ccc(F)cc2Cl)sc1C(=O)Nc1ccccc1N1CCOCC1. The minimum atomic E-state index is -0.519. The molecule has 9 heteroatoms. The number of para-hydroxylation sites is 2. The Morgan fingerprint density at radius 3 is 2.56 bits per heavy atom. The fourth-order valence-electron chi connectivity index (χ4n) is 3.46. The number of halogens is 2. The van der Waals surface area contributed by atoms with Crippen LogP contribution in [0.4, 0.5) is 20.8 Å². The van der Waals surface area contributed by atoms with E-state index >= 15 is 0 Å². The molecule has 1 aliphatic rings. The number of aryl methyl sites for hydroxylation is 1. The van der Waals surface area contributed by atoms with Crippen LogP contribution < -0.4 is 15.5 Å². The highest BCUT2D eigenvalue weighted by molar-refractivity contribution is 7.18. The Labute approximate surface area is 193 Å². The van der Waals surface area contributed by atoms with Crippen LogP contribution in [0.2, 0.25) is 5.02 Å². The van der Waals surface area contributed by atoms with Crippen LogP contribution in [0.3, 0.4) is 0 Å². The summed E-state index contributed by atoms with van der Waals surface area (Å²) in [4.78, 5) is 28.2. The molecule has 0 radical (unpaired) electrons. The molecule has 166 valence electrons. The first-order valence-electron chi connectivity index (χ1n) is 10.0. The first kappa shape index (κ1) is 22.3. The molecule has 6 nitrogen and oxygen atoms in total. The lowest BCUT2D eigenvalue weighted by atomic mass is 10.2. The van der Waals surface area contributed by atoms with Crippen LogP contribution in [0.15, 0.2) is 48.5 Å². The lowest BCUT2D eigenvalue weighted by molar-refractivity contribution is 0.102. The van der Waals surface area contributed by atoms with Gasteiger partial charge in [-0.05, 0) is 48.9 Å². The molecular weight excluding hydrogens is 453 g/mol. The highest BCUT2D eigenvalue weighted by Gasteiger charge is 2.20.